The molecule has 6 heteroatoms. The van der Waals surface area contributed by atoms with E-state index in [1.165, 1.54) is 11.3 Å². The van der Waals surface area contributed by atoms with Gasteiger partial charge >= 0.3 is 0 Å². The Balaban J connectivity index is 2.12. The van der Waals surface area contributed by atoms with Gasteiger partial charge in [0.05, 0.1) is 0 Å². The quantitative estimate of drug-likeness (QED) is 0.903. The van der Waals surface area contributed by atoms with Gasteiger partial charge in [-0.15, -0.1) is 11.3 Å². The van der Waals surface area contributed by atoms with Crippen LogP contribution in [0.15, 0.2) is 16.3 Å². The molecule has 2 unspecified atom stereocenters. The third-order valence-electron chi connectivity index (χ3n) is 3.96. The van der Waals surface area contributed by atoms with E-state index in [1.54, 1.807) is 10.4 Å². The van der Waals surface area contributed by atoms with E-state index in [1.807, 2.05) is 13.0 Å². The first kappa shape index (κ1) is 16.9. The molecule has 2 heterocycles. The van der Waals surface area contributed by atoms with E-state index >= 15 is 0 Å². The Morgan fingerprint density at radius 1 is 1.38 bits per heavy atom. The second kappa shape index (κ2) is 6.77. The summed E-state index contributed by atoms with van der Waals surface area (Å²) < 4.78 is 27.7. The molecular formula is C15H26N2O2S2. The third kappa shape index (κ3) is 4.06. The zero-order valence-electron chi connectivity index (χ0n) is 13.3. The second-order valence-corrected chi connectivity index (χ2v) is 9.64. The standard InChI is InChI=1S/C15H26N2O2S2/c1-11(2)16-10-14-5-6-15(20-14)21(18,19)17-8-7-12(3)9-13(17)4/h5-6,11-13,16H,7-10H2,1-4H3. The molecule has 0 amide bonds. The van der Waals surface area contributed by atoms with Gasteiger partial charge in [-0.3, -0.25) is 0 Å². The van der Waals surface area contributed by atoms with Crippen molar-refractivity contribution in [1.82, 2.24) is 9.62 Å². The van der Waals surface area contributed by atoms with Crippen LogP contribution in [0.25, 0.3) is 0 Å². The largest absolute Gasteiger partial charge is 0.310 e. The van der Waals surface area contributed by atoms with E-state index in [9.17, 15) is 8.42 Å². The lowest BCUT2D eigenvalue weighted by molar-refractivity contribution is 0.220. The lowest BCUT2D eigenvalue weighted by Crippen LogP contribution is -2.43. The van der Waals surface area contributed by atoms with Crippen molar-refractivity contribution in [2.24, 2.45) is 5.92 Å². The number of sulfonamides is 1. The molecule has 120 valence electrons. The molecule has 1 fully saturated rings. The van der Waals surface area contributed by atoms with Gasteiger partial charge in [0.1, 0.15) is 4.21 Å². The minimum atomic E-state index is -3.33. The predicted octanol–water partition coefficient (Wildman–Crippen LogP) is 3.06. The highest BCUT2D eigenvalue weighted by atomic mass is 32.2. The lowest BCUT2D eigenvalue weighted by Gasteiger charge is -2.35. The third-order valence-corrected chi connectivity index (χ3v) is 7.53. The van der Waals surface area contributed by atoms with Crippen molar-refractivity contribution in [2.75, 3.05) is 6.54 Å². The van der Waals surface area contributed by atoms with E-state index in [0.717, 1.165) is 24.3 Å². The minimum absolute atomic E-state index is 0.0955. The van der Waals surface area contributed by atoms with Crippen molar-refractivity contribution in [3.05, 3.63) is 17.0 Å². The van der Waals surface area contributed by atoms with Crippen molar-refractivity contribution >= 4 is 21.4 Å². The normalized spacial score (nSPS) is 24.6. The molecule has 0 spiro atoms. The average molecular weight is 331 g/mol. The number of piperidine rings is 1. The summed E-state index contributed by atoms with van der Waals surface area (Å²) in [6.07, 6.45) is 1.91. The fourth-order valence-corrected chi connectivity index (χ4v) is 5.85. The molecule has 0 bridgehead atoms. The van der Waals surface area contributed by atoms with Crippen LogP contribution in [0.5, 0.6) is 0 Å². The summed E-state index contributed by atoms with van der Waals surface area (Å²) >= 11 is 1.39. The van der Waals surface area contributed by atoms with Gasteiger partial charge in [0, 0.05) is 30.1 Å². The van der Waals surface area contributed by atoms with E-state index < -0.39 is 10.0 Å². The maximum atomic E-state index is 12.8. The highest BCUT2D eigenvalue weighted by molar-refractivity contribution is 7.91. The summed E-state index contributed by atoms with van der Waals surface area (Å²) in [5.41, 5.74) is 0. The molecule has 1 saturated heterocycles. The van der Waals surface area contributed by atoms with Crippen molar-refractivity contribution < 1.29 is 8.42 Å². The molecule has 2 rings (SSSR count). The number of rotatable bonds is 5. The number of thiophene rings is 1. The molecule has 0 aliphatic carbocycles. The molecule has 0 saturated carbocycles. The van der Waals surface area contributed by atoms with E-state index in [0.29, 0.717) is 22.7 Å². The van der Waals surface area contributed by atoms with Crippen molar-refractivity contribution in [3.63, 3.8) is 0 Å². The van der Waals surface area contributed by atoms with Crippen LogP contribution in [0, 0.1) is 5.92 Å². The summed E-state index contributed by atoms with van der Waals surface area (Å²) in [4.78, 5) is 1.07. The monoisotopic (exact) mass is 330 g/mol. The molecule has 0 aromatic carbocycles. The zero-order valence-corrected chi connectivity index (χ0v) is 14.9. The van der Waals surface area contributed by atoms with Crippen LogP contribution in [-0.2, 0) is 16.6 Å². The van der Waals surface area contributed by atoms with Gasteiger partial charge in [0.15, 0.2) is 0 Å². The number of hydrogen-bond acceptors (Lipinski definition) is 4. The van der Waals surface area contributed by atoms with Gasteiger partial charge in [-0.05, 0) is 37.8 Å². The van der Waals surface area contributed by atoms with Crippen LogP contribution >= 0.6 is 11.3 Å². The SMILES string of the molecule is CC1CCN(S(=O)(=O)c2ccc(CNC(C)C)s2)C(C)C1. The lowest BCUT2D eigenvalue weighted by atomic mass is 9.95. The molecule has 1 aliphatic heterocycles. The predicted molar refractivity (Wildman–Crippen MR) is 88.0 cm³/mol. The maximum Gasteiger partial charge on any atom is 0.252 e. The first-order valence-electron chi connectivity index (χ1n) is 7.64. The Morgan fingerprint density at radius 3 is 2.71 bits per heavy atom. The van der Waals surface area contributed by atoms with Gasteiger partial charge in [0.2, 0.25) is 0 Å². The van der Waals surface area contributed by atoms with Gasteiger partial charge in [-0.2, -0.15) is 4.31 Å². The topological polar surface area (TPSA) is 49.4 Å². The fourth-order valence-electron chi connectivity index (χ4n) is 2.75. The molecule has 1 aromatic heterocycles. The van der Waals surface area contributed by atoms with Gasteiger partial charge < -0.3 is 5.32 Å². The van der Waals surface area contributed by atoms with E-state index in [-0.39, 0.29) is 6.04 Å². The van der Waals surface area contributed by atoms with Crippen LogP contribution in [0.3, 0.4) is 0 Å². The van der Waals surface area contributed by atoms with Gasteiger partial charge in [-0.25, -0.2) is 8.42 Å². The van der Waals surface area contributed by atoms with E-state index in [4.69, 9.17) is 0 Å². The molecular weight excluding hydrogens is 304 g/mol. The van der Waals surface area contributed by atoms with Crippen molar-refractivity contribution in [3.8, 4) is 0 Å². The highest BCUT2D eigenvalue weighted by Gasteiger charge is 2.34. The molecule has 2 atom stereocenters. The van der Waals surface area contributed by atoms with Crippen LogP contribution in [0.4, 0.5) is 0 Å². The highest BCUT2D eigenvalue weighted by Crippen LogP contribution is 2.31. The summed E-state index contributed by atoms with van der Waals surface area (Å²) in [6, 6.07) is 4.17. The Labute approximate surface area is 132 Å². The van der Waals surface area contributed by atoms with Gasteiger partial charge in [0.25, 0.3) is 10.0 Å². The molecule has 1 N–H and O–H groups in total. The minimum Gasteiger partial charge on any atom is -0.310 e. The summed E-state index contributed by atoms with van der Waals surface area (Å²) in [5, 5.41) is 3.32. The molecule has 1 aliphatic rings. The Morgan fingerprint density at radius 2 is 2.10 bits per heavy atom. The number of nitrogens with one attached hydrogen (secondary N) is 1. The number of hydrogen-bond donors (Lipinski definition) is 1. The summed E-state index contributed by atoms with van der Waals surface area (Å²) in [7, 11) is -3.33. The zero-order chi connectivity index (χ0) is 15.6. The smallest absolute Gasteiger partial charge is 0.252 e. The average Bonchev–Trinajstić information content (AvgIpc) is 2.85. The maximum absolute atomic E-state index is 12.8. The summed E-state index contributed by atoms with van der Waals surface area (Å²) in [6.45, 7) is 9.75. The van der Waals surface area contributed by atoms with Gasteiger partial charge in [-0.1, -0.05) is 20.8 Å². The molecule has 1 aromatic rings. The fraction of sp³-hybridized carbons (Fsp3) is 0.733. The first-order valence-corrected chi connectivity index (χ1v) is 9.90. The Hall–Kier alpha value is -0.430. The van der Waals surface area contributed by atoms with Crippen LogP contribution in [0.2, 0.25) is 0 Å². The molecule has 21 heavy (non-hydrogen) atoms. The van der Waals surface area contributed by atoms with Crippen LogP contribution in [0.1, 0.15) is 45.4 Å². The molecule has 0 radical (unpaired) electrons. The second-order valence-electron chi connectivity index (χ2n) is 6.35. The Bertz CT molecular complexity index is 566. The number of nitrogens with zero attached hydrogens (tertiary/aromatic N) is 1. The van der Waals surface area contributed by atoms with Crippen molar-refractivity contribution in [2.45, 2.75) is 63.4 Å². The van der Waals surface area contributed by atoms with Crippen LogP contribution in [-0.4, -0.2) is 31.4 Å². The first-order chi connectivity index (χ1) is 9.80. The molecule has 4 nitrogen and oxygen atoms in total. The van der Waals surface area contributed by atoms with Crippen molar-refractivity contribution in [1.29, 1.82) is 0 Å². The Kier molecular flexibility index (Phi) is 5.46. The van der Waals surface area contributed by atoms with Crippen LogP contribution < -0.4 is 5.32 Å². The summed E-state index contributed by atoms with van der Waals surface area (Å²) in [5.74, 6) is 0.612. The van der Waals surface area contributed by atoms with E-state index in [2.05, 4.69) is 26.1 Å².